The number of anilines is 1. The Kier molecular flexibility index (Phi) is 3.88. The van der Waals surface area contributed by atoms with Crippen molar-refractivity contribution in [3.8, 4) is 0 Å². The van der Waals surface area contributed by atoms with Crippen molar-refractivity contribution in [2.75, 3.05) is 12.3 Å². The van der Waals surface area contributed by atoms with Crippen LogP contribution in [-0.2, 0) is 22.5 Å². The second-order valence-corrected chi connectivity index (χ2v) is 5.16. The summed E-state index contributed by atoms with van der Waals surface area (Å²) in [6, 6.07) is 15.4. The number of hydrogen-bond acceptors (Lipinski definition) is 3. The molecule has 1 heterocycles. The SMILES string of the molecule is Nc1ccc(CNC(=O)C2OCCc3ccccc32)cc1. The van der Waals surface area contributed by atoms with Gasteiger partial charge in [0.15, 0.2) is 6.10 Å². The van der Waals surface area contributed by atoms with E-state index in [2.05, 4.69) is 11.4 Å². The fraction of sp³-hybridized carbons (Fsp3) is 0.235. The lowest BCUT2D eigenvalue weighted by Crippen LogP contribution is -2.33. The van der Waals surface area contributed by atoms with Gasteiger partial charge in [0.05, 0.1) is 6.61 Å². The molecular weight excluding hydrogens is 264 g/mol. The molecule has 4 nitrogen and oxygen atoms in total. The van der Waals surface area contributed by atoms with Gasteiger partial charge in [-0.25, -0.2) is 0 Å². The summed E-state index contributed by atoms with van der Waals surface area (Å²) in [5, 5.41) is 2.92. The molecule has 0 saturated carbocycles. The lowest BCUT2D eigenvalue weighted by Gasteiger charge is -2.25. The lowest BCUT2D eigenvalue weighted by atomic mass is 9.97. The quantitative estimate of drug-likeness (QED) is 0.848. The molecule has 0 aromatic heterocycles. The van der Waals surface area contributed by atoms with Crippen molar-refractivity contribution in [2.24, 2.45) is 0 Å². The Balaban J connectivity index is 1.68. The molecule has 1 amide bonds. The van der Waals surface area contributed by atoms with Gasteiger partial charge in [0.25, 0.3) is 5.91 Å². The minimum absolute atomic E-state index is 0.0982. The molecule has 0 bridgehead atoms. The summed E-state index contributed by atoms with van der Waals surface area (Å²) in [4.78, 5) is 12.3. The van der Waals surface area contributed by atoms with Gasteiger partial charge in [0.2, 0.25) is 0 Å². The Morgan fingerprint density at radius 3 is 2.76 bits per heavy atom. The van der Waals surface area contributed by atoms with E-state index in [1.165, 1.54) is 5.56 Å². The molecule has 1 aliphatic rings. The van der Waals surface area contributed by atoms with Crippen molar-refractivity contribution in [1.29, 1.82) is 0 Å². The van der Waals surface area contributed by atoms with Crippen LogP contribution in [0, 0.1) is 0 Å². The smallest absolute Gasteiger partial charge is 0.254 e. The van der Waals surface area contributed by atoms with Crippen molar-refractivity contribution in [2.45, 2.75) is 19.1 Å². The Hall–Kier alpha value is -2.33. The van der Waals surface area contributed by atoms with Gasteiger partial charge < -0.3 is 15.8 Å². The molecule has 4 heteroatoms. The summed E-state index contributed by atoms with van der Waals surface area (Å²) in [6.07, 6.45) is 0.349. The summed E-state index contributed by atoms with van der Waals surface area (Å²) >= 11 is 0. The van der Waals surface area contributed by atoms with Gasteiger partial charge >= 0.3 is 0 Å². The molecule has 0 spiro atoms. The molecule has 0 saturated heterocycles. The second-order valence-electron chi connectivity index (χ2n) is 5.16. The van der Waals surface area contributed by atoms with Gasteiger partial charge in [0, 0.05) is 12.2 Å². The molecule has 2 aromatic carbocycles. The zero-order valence-corrected chi connectivity index (χ0v) is 11.7. The Morgan fingerprint density at radius 1 is 1.19 bits per heavy atom. The van der Waals surface area contributed by atoms with Crippen LogP contribution in [-0.4, -0.2) is 12.5 Å². The average Bonchev–Trinajstić information content (AvgIpc) is 2.53. The van der Waals surface area contributed by atoms with Crippen molar-refractivity contribution >= 4 is 11.6 Å². The van der Waals surface area contributed by atoms with Gasteiger partial charge in [-0.15, -0.1) is 0 Å². The van der Waals surface area contributed by atoms with E-state index in [-0.39, 0.29) is 5.91 Å². The Morgan fingerprint density at radius 2 is 1.95 bits per heavy atom. The number of hydrogen-bond donors (Lipinski definition) is 2. The minimum Gasteiger partial charge on any atom is -0.399 e. The van der Waals surface area contributed by atoms with Gasteiger partial charge in [-0.3, -0.25) is 4.79 Å². The molecule has 0 aliphatic carbocycles. The molecule has 108 valence electrons. The van der Waals surface area contributed by atoms with Gasteiger partial charge in [0.1, 0.15) is 0 Å². The van der Waals surface area contributed by atoms with Gasteiger partial charge in [-0.1, -0.05) is 36.4 Å². The van der Waals surface area contributed by atoms with Crippen LogP contribution in [0.1, 0.15) is 22.8 Å². The molecule has 2 aromatic rings. The lowest BCUT2D eigenvalue weighted by molar-refractivity contribution is -0.134. The Labute approximate surface area is 123 Å². The van der Waals surface area contributed by atoms with Crippen molar-refractivity contribution < 1.29 is 9.53 Å². The summed E-state index contributed by atoms with van der Waals surface area (Å²) in [7, 11) is 0. The number of nitrogens with one attached hydrogen (secondary N) is 1. The number of fused-ring (bicyclic) bond motifs is 1. The van der Waals surface area contributed by atoms with E-state index >= 15 is 0 Å². The molecule has 21 heavy (non-hydrogen) atoms. The summed E-state index contributed by atoms with van der Waals surface area (Å²) < 4.78 is 5.64. The molecule has 1 atom stereocenters. The standard InChI is InChI=1S/C17H18N2O2/c18-14-7-5-12(6-8-14)11-19-17(20)16-15-4-2-1-3-13(15)9-10-21-16/h1-8,16H,9-11,18H2,(H,19,20). The number of carbonyl (C=O) groups is 1. The highest BCUT2D eigenvalue weighted by Gasteiger charge is 2.26. The van der Waals surface area contributed by atoms with Crippen LogP contribution in [0.25, 0.3) is 0 Å². The zero-order valence-electron chi connectivity index (χ0n) is 11.7. The molecule has 3 rings (SSSR count). The van der Waals surface area contributed by atoms with E-state index in [1.54, 1.807) is 0 Å². The van der Waals surface area contributed by atoms with Crippen molar-refractivity contribution in [3.63, 3.8) is 0 Å². The van der Waals surface area contributed by atoms with E-state index in [0.717, 1.165) is 23.2 Å². The summed E-state index contributed by atoms with van der Waals surface area (Å²) in [6.45, 7) is 1.05. The van der Waals surface area contributed by atoms with E-state index in [9.17, 15) is 4.79 Å². The predicted octanol–water partition coefficient (Wildman–Crippen LogP) is 2.20. The summed E-state index contributed by atoms with van der Waals surface area (Å²) in [5.41, 5.74) is 9.54. The molecule has 3 N–H and O–H groups in total. The maximum atomic E-state index is 12.3. The molecule has 1 aliphatic heterocycles. The van der Waals surface area contributed by atoms with Crippen molar-refractivity contribution in [1.82, 2.24) is 5.32 Å². The number of ether oxygens (including phenoxy) is 1. The number of nitrogen functional groups attached to an aromatic ring is 1. The first-order valence-corrected chi connectivity index (χ1v) is 7.05. The normalized spacial score (nSPS) is 17.0. The number of benzene rings is 2. The first-order valence-electron chi connectivity index (χ1n) is 7.05. The fourth-order valence-electron chi connectivity index (χ4n) is 2.53. The third-order valence-electron chi connectivity index (χ3n) is 3.68. The maximum absolute atomic E-state index is 12.3. The van der Waals surface area contributed by atoms with Crippen LogP contribution in [0.3, 0.4) is 0 Å². The predicted molar refractivity (Wildman–Crippen MR) is 81.5 cm³/mol. The van der Waals surface area contributed by atoms with E-state index < -0.39 is 6.10 Å². The van der Waals surface area contributed by atoms with Crippen LogP contribution in [0.2, 0.25) is 0 Å². The molecule has 0 radical (unpaired) electrons. The third-order valence-corrected chi connectivity index (χ3v) is 3.68. The highest BCUT2D eigenvalue weighted by atomic mass is 16.5. The van der Waals surface area contributed by atoms with Crippen LogP contribution < -0.4 is 11.1 Å². The number of rotatable bonds is 3. The summed E-state index contributed by atoms with van der Waals surface area (Å²) in [5.74, 6) is -0.0982. The molecule has 1 unspecified atom stereocenters. The first-order chi connectivity index (χ1) is 10.2. The topological polar surface area (TPSA) is 64.3 Å². The van der Waals surface area contributed by atoms with E-state index in [4.69, 9.17) is 10.5 Å². The minimum atomic E-state index is -0.510. The van der Waals surface area contributed by atoms with Crippen LogP contribution in [0.4, 0.5) is 5.69 Å². The second kappa shape index (κ2) is 5.97. The zero-order chi connectivity index (χ0) is 14.7. The van der Waals surface area contributed by atoms with Gasteiger partial charge in [-0.2, -0.15) is 0 Å². The molecular formula is C17H18N2O2. The number of nitrogens with two attached hydrogens (primary N) is 1. The van der Waals surface area contributed by atoms with Crippen LogP contribution in [0.5, 0.6) is 0 Å². The fourth-order valence-corrected chi connectivity index (χ4v) is 2.53. The van der Waals surface area contributed by atoms with Crippen LogP contribution >= 0.6 is 0 Å². The molecule has 0 fully saturated rings. The van der Waals surface area contributed by atoms with E-state index in [0.29, 0.717) is 13.2 Å². The number of amides is 1. The highest BCUT2D eigenvalue weighted by molar-refractivity contribution is 5.82. The largest absolute Gasteiger partial charge is 0.399 e. The Bertz CT molecular complexity index is 637. The highest BCUT2D eigenvalue weighted by Crippen LogP contribution is 2.27. The number of carbonyl (C=O) groups excluding carboxylic acids is 1. The van der Waals surface area contributed by atoms with Crippen molar-refractivity contribution in [3.05, 3.63) is 65.2 Å². The monoisotopic (exact) mass is 282 g/mol. The third kappa shape index (κ3) is 3.06. The average molecular weight is 282 g/mol. The van der Waals surface area contributed by atoms with Gasteiger partial charge in [-0.05, 0) is 35.2 Å². The maximum Gasteiger partial charge on any atom is 0.254 e. The van der Waals surface area contributed by atoms with E-state index in [1.807, 2.05) is 42.5 Å². The first kappa shape index (κ1) is 13.6. The van der Waals surface area contributed by atoms with Crippen LogP contribution in [0.15, 0.2) is 48.5 Å².